The van der Waals surface area contributed by atoms with Gasteiger partial charge in [-0.3, -0.25) is 0 Å². The van der Waals surface area contributed by atoms with Gasteiger partial charge in [0.25, 0.3) is 0 Å². The summed E-state index contributed by atoms with van der Waals surface area (Å²) in [6.07, 6.45) is 1.77. The molecule has 2 rings (SSSR count). The molecule has 6 heteroatoms. The van der Waals surface area contributed by atoms with Crippen LogP contribution in [0.4, 0.5) is 0 Å². The molecule has 0 spiro atoms. The summed E-state index contributed by atoms with van der Waals surface area (Å²) in [5.74, 6) is 1.99. The Morgan fingerprint density at radius 2 is 2.20 bits per heavy atom. The van der Waals surface area contributed by atoms with Crippen LogP contribution in [0.1, 0.15) is 36.2 Å². The number of nitrogens with two attached hydrogens (primary N) is 1. The molecule has 2 aromatic rings. The number of hydrogen-bond donors (Lipinski definition) is 1. The highest BCUT2D eigenvalue weighted by molar-refractivity contribution is 9.10. The molecule has 1 aromatic heterocycles. The van der Waals surface area contributed by atoms with Crippen molar-refractivity contribution in [3.05, 3.63) is 39.4 Å². The van der Waals surface area contributed by atoms with Crippen molar-refractivity contribution in [3.8, 4) is 5.75 Å². The number of halogens is 1. The van der Waals surface area contributed by atoms with Crippen molar-refractivity contribution in [2.75, 3.05) is 0 Å². The summed E-state index contributed by atoms with van der Waals surface area (Å²) >= 11 is 3.45. The van der Waals surface area contributed by atoms with Crippen LogP contribution in [0.2, 0.25) is 0 Å². The zero-order valence-corrected chi connectivity index (χ0v) is 13.2. The smallest absolute Gasteiger partial charge is 0.226 e. The molecule has 0 amide bonds. The average Bonchev–Trinajstić information content (AvgIpc) is 2.85. The van der Waals surface area contributed by atoms with Gasteiger partial charge < -0.3 is 15.0 Å². The van der Waals surface area contributed by atoms with Crippen LogP contribution in [-0.4, -0.2) is 10.1 Å². The summed E-state index contributed by atoms with van der Waals surface area (Å²) in [5.41, 5.74) is 7.73. The number of nitrogens with zero attached hydrogens (tertiary/aromatic N) is 2. The lowest BCUT2D eigenvalue weighted by Gasteiger charge is -2.12. The van der Waals surface area contributed by atoms with Crippen LogP contribution >= 0.6 is 15.9 Å². The zero-order valence-electron chi connectivity index (χ0n) is 11.6. The van der Waals surface area contributed by atoms with Crippen LogP contribution in [0.25, 0.3) is 0 Å². The van der Waals surface area contributed by atoms with Crippen molar-refractivity contribution in [1.29, 1.82) is 0 Å². The molecule has 1 heterocycles. The fraction of sp³-hybridized carbons (Fsp3) is 0.429. The maximum absolute atomic E-state index is 5.81. The van der Waals surface area contributed by atoms with E-state index < -0.39 is 0 Å². The molecule has 0 atom stereocenters. The number of hydrogen-bond acceptors (Lipinski definition) is 5. The fourth-order valence-corrected chi connectivity index (χ4v) is 2.58. The Bertz CT molecular complexity index is 584. The summed E-state index contributed by atoms with van der Waals surface area (Å²) in [7, 11) is 0. The van der Waals surface area contributed by atoms with Gasteiger partial charge in [0.2, 0.25) is 11.7 Å². The second-order valence-corrected chi connectivity index (χ2v) is 5.47. The Balaban J connectivity index is 2.10. The van der Waals surface area contributed by atoms with Crippen LogP contribution in [-0.2, 0) is 19.6 Å². The first-order valence-corrected chi connectivity index (χ1v) is 7.36. The first kappa shape index (κ1) is 15.0. The van der Waals surface area contributed by atoms with E-state index >= 15 is 0 Å². The normalized spacial score (nSPS) is 10.8. The second kappa shape index (κ2) is 6.85. The van der Waals surface area contributed by atoms with Gasteiger partial charge in [0.05, 0.1) is 0 Å². The minimum Gasteiger partial charge on any atom is -0.485 e. The zero-order chi connectivity index (χ0) is 14.5. The van der Waals surface area contributed by atoms with Crippen molar-refractivity contribution in [2.24, 2.45) is 5.73 Å². The molecule has 0 aliphatic rings. The van der Waals surface area contributed by atoms with Crippen LogP contribution in [0.15, 0.2) is 21.1 Å². The minimum atomic E-state index is 0.280. The van der Waals surface area contributed by atoms with Gasteiger partial charge in [-0.15, -0.1) is 0 Å². The predicted molar refractivity (Wildman–Crippen MR) is 79.4 cm³/mol. The Hall–Kier alpha value is -1.40. The van der Waals surface area contributed by atoms with Gasteiger partial charge in [-0.05, 0) is 31.0 Å². The summed E-state index contributed by atoms with van der Waals surface area (Å²) in [6, 6.07) is 3.95. The summed E-state index contributed by atoms with van der Waals surface area (Å²) in [6.45, 7) is 4.75. The van der Waals surface area contributed by atoms with Crippen molar-refractivity contribution < 1.29 is 9.26 Å². The number of aryl methyl sites for hydroxylation is 2. The molecule has 0 unspecified atom stereocenters. The van der Waals surface area contributed by atoms with E-state index in [1.807, 2.05) is 19.1 Å². The van der Waals surface area contributed by atoms with E-state index in [0.717, 1.165) is 34.2 Å². The average molecular weight is 340 g/mol. The van der Waals surface area contributed by atoms with Gasteiger partial charge in [0.1, 0.15) is 5.75 Å². The lowest BCUT2D eigenvalue weighted by molar-refractivity contribution is 0.280. The number of rotatable bonds is 6. The van der Waals surface area contributed by atoms with Crippen molar-refractivity contribution in [3.63, 3.8) is 0 Å². The first-order chi connectivity index (χ1) is 9.63. The van der Waals surface area contributed by atoms with E-state index in [1.54, 1.807) is 0 Å². The number of ether oxygens (including phenoxy) is 1. The van der Waals surface area contributed by atoms with Crippen molar-refractivity contribution >= 4 is 15.9 Å². The van der Waals surface area contributed by atoms with Gasteiger partial charge in [-0.25, -0.2) is 0 Å². The summed E-state index contributed by atoms with van der Waals surface area (Å²) in [4.78, 5) is 4.27. The lowest BCUT2D eigenvalue weighted by Crippen LogP contribution is -2.05. The van der Waals surface area contributed by atoms with Gasteiger partial charge in [-0.1, -0.05) is 28.0 Å². The van der Waals surface area contributed by atoms with E-state index in [9.17, 15) is 0 Å². The van der Waals surface area contributed by atoms with Gasteiger partial charge in [0.15, 0.2) is 6.61 Å². The summed E-state index contributed by atoms with van der Waals surface area (Å²) < 4.78 is 11.9. The topological polar surface area (TPSA) is 74.2 Å². The highest BCUT2D eigenvalue weighted by Gasteiger charge is 2.11. The molecular weight excluding hydrogens is 322 g/mol. The second-order valence-electron chi connectivity index (χ2n) is 4.56. The molecule has 20 heavy (non-hydrogen) atoms. The molecule has 2 N–H and O–H groups in total. The van der Waals surface area contributed by atoms with E-state index in [1.165, 1.54) is 0 Å². The van der Waals surface area contributed by atoms with Gasteiger partial charge >= 0.3 is 0 Å². The molecule has 0 saturated carbocycles. The van der Waals surface area contributed by atoms with E-state index in [-0.39, 0.29) is 6.61 Å². The van der Waals surface area contributed by atoms with E-state index in [2.05, 4.69) is 33.0 Å². The molecule has 5 nitrogen and oxygen atoms in total. The Kier molecular flexibility index (Phi) is 5.14. The fourth-order valence-electron chi connectivity index (χ4n) is 1.96. The Labute approximate surface area is 126 Å². The monoisotopic (exact) mass is 339 g/mol. The molecule has 0 aliphatic heterocycles. The highest BCUT2D eigenvalue weighted by Crippen LogP contribution is 2.28. The molecule has 0 radical (unpaired) electrons. The third-order valence-corrected chi connectivity index (χ3v) is 3.31. The molecule has 1 aromatic carbocycles. The van der Waals surface area contributed by atoms with Crippen LogP contribution in [0, 0.1) is 6.92 Å². The minimum absolute atomic E-state index is 0.280. The third kappa shape index (κ3) is 3.58. The maximum atomic E-state index is 5.81. The van der Waals surface area contributed by atoms with Crippen LogP contribution < -0.4 is 10.5 Å². The SMILES string of the molecule is CCCc1nc(COc2c(C)cc(Br)cc2CN)no1. The van der Waals surface area contributed by atoms with Crippen molar-refractivity contribution in [2.45, 2.75) is 39.8 Å². The summed E-state index contributed by atoms with van der Waals surface area (Å²) in [5, 5.41) is 3.90. The Morgan fingerprint density at radius 1 is 1.40 bits per heavy atom. The number of aromatic nitrogens is 2. The largest absolute Gasteiger partial charge is 0.485 e. The van der Waals surface area contributed by atoms with Gasteiger partial charge in [-0.2, -0.15) is 4.98 Å². The Morgan fingerprint density at radius 3 is 2.90 bits per heavy atom. The molecule has 0 bridgehead atoms. The van der Waals surface area contributed by atoms with Crippen LogP contribution in [0.3, 0.4) is 0 Å². The van der Waals surface area contributed by atoms with E-state index in [0.29, 0.717) is 18.3 Å². The highest BCUT2D eigenvalue weighted by atomic mass is 79.9. The lowest BCUT2D eigenvalue weighted by atomic mass is 10.1. The molecule has 0 saturated heterocycles. The van der Waals surface area contributed by atoms with Gasteiger partial charge in [0, 0.05) is 23.0 Å². The molecule has 0 aliphatic carbocycles. The van der Waals surface area contributed by atoms with Crippen LogP contribution in [0.5, 0.6) is 5.75 Å². The predicted octanol–water partition coefficient (Wildman–Crippen LogP) is 3.13. The molecule has 108 valence electrons. The first-order valence-electron chi connectivity index (χ1n) is 6.57. The third-order valence-electron chi connectivity index (χ3n) is 2.86. The standard InChI is InChI=1S/C14H18BrN3O2/c1-3-4-13-17-12(18-20-13)8-19-14-9(2)5-11(15)6-10(14)7-16/h5-6H,3-4,7-8,16H2,1-2H3. The molecular formula is C14H18BrN3O2. The number of benzene rings is 1. The van der Waals surface area contributed by atoms with E-state index in [4.69, 9.17) is 15.0 Å². The maximum Gasteiger partial charge on any atom is 0.226 e. The van der Waals surface area contributed by atoms with Crippen molar-refractivity contribution in [1.82, 2.24) is 10.1 Å². The molecule has 0 fully saturated rings. The quantitative estimate of drug-likeness (QED) is 0.874.